The van der Waals surface area contributed by atoms with Crippen LogP contribution in [-0.4, -0.2) is 22.8 Å². The Hall–Kier alpha value is -0.850. The largest absolute Gasteiger partial charge is 0.314 e. The number of nitrogens with one attached hydrogen (secondary N) is 1. The van der Waals surface area contributed by atoms with Gasteiger partial charge in [0.1, 0.15) is 10.8 Å². The molecule has 0 saturated heterocycles. The normalized spacial score (nSPS) is 14.8. The molecule has 0 atom stereocenters. The maximum absolute atomic E-state index is 13.8. The molecule has 1 heterocycles. The first-order valence-corrected chi connectivity index (χ1v) is 7.85. The first kappa shape index (κ1) is 13.1. The van der Waals surface area contributed by atoms with Gasteiger partial charge in [0.2, 0.25) is 0 Å². The molecule has 0 radical (unpaired) electrons. The molecule has 0 amide bonds. The van der Waals surface area contributed by atoms with Crippen LogP contribution < -0.4 is 5.32 Å². The van der Waals surface area contributed by atoms with Crippen molar-refractivity contribution in [2.45, 2.75) is 25.3 Å². The van der Waals surface area contributed by atoms with Gasteiger partial charge in [0, 0.05) is 23.5 Å². The Morgan fingerprint density at radius 3 is 2.95 bits per heavy atom. The van der Waals surface area contributed by atoms with Gasteiger partial charge in [-0.15, -0.1) is 10.2 Å². The molecule has 1 N–H and O–H groups in total. The van der Waals surface area contributed by atoms with E-state index in [1.165, 1.54) is 30.2 Å². The van der Waals surface area contributed by atoms with Crippen LogP contribution in [0.15, 0.2) is 22.7 Å². The van der Waals surface area contributed by atoms with E-state index >= 15 is 0 Å². The fourth-order valence-corrected chi connectivity index (χ4v) is 3.39. The molecule has 6 heteroatoms. The zero-order valence-electron chi connectivity index (χ0n) is 10.2. The van der Waals surface area contributed by atoms with E-state index in [0.29, 0.717) is 21.1 Å². The maximum Gasteiger partial charge on any atom is 0.151 e. The van der Waals surface area contributed by atoms with Crippen molar-refractivity contribution in [3.05, 3.63) is 33.5 Å². The van der Waals surface area contributed by atoms with Crippen LogP contribution >= 0.6 is 27.3 Å². The minimum Gasteiger partial charge on any atom is -0.314 e. The van der Waals surface area contributed by atoms with Gasteiger partial charge in [0.05, 0.1) is 5.56 Å². The average molecular weight is 342 g/mol. The number of hydrogen-bond donors (Lipinski definition) is 1. The monoisotopic (exact) mass is 341 g/mol. The molecular formula is C13H13BrFN3S. The first-order chi connectivity index (χ1) is 9.24. The van der Waals surface area contributed by atoms with Gasteiger partial charge in [0.15, 0.2) is 5.01 Å². The van der Waals surface area contributed by atoms with Gasteiger partial charge in [-0.05, 0) is 40.9 Å². The highest BCUT2D eigenvalue weighted by molar-refractivity contribution is 9.10. The van der Waals surface area contributed by atoms with E-state index in [9.17, 15) is 4.39 Å². The van der Waals surface area contributed by atoms with E-state index in [4.69, 9.17) is 0 Å². The number of rotatable bonds is 5. The Morgan fingerprint density at radius 1 is 1.37 bits per heavy atom. The molecule has 0 bridgehead atoms. The van der Waals surface area contributed by atoms with Crippen molar-refractivity contribution in [1.82, 2.24) is 15.5 Å². The van der Waals surface area contributed by atoms with Crippen LogP contribution in [0.1, 0.15) is 17.8 Å². The molecule has 3 rings (SSSR count). The first-order valence-electron chi connectivity index (χ1n) is 6.24. The summed E-state index contributed by atoms with van der Waals surface area (Å²) in [6.07, 6.45) is 3.41. The predicted molar refractivity (Wildman–Crippen MR) is 77.7 cm³/mol. The van der Waals surface area contributed by atoms with Crippen molar-refractivity contribution in [3.63, 3.8) is 0 Å². The second-order valence-electron chi connectivity index (χ2n) is 4.58. The van der Waals surface area contributed by atoms with Crippen molar-refractivity contribution >= 4 is 27.3 Å². The zero-order chi connectivity index (χ0) is 13.2. The van der Waals surface area contributed by atoms with Crippen LogP contribution in [0.3, 0.4) is 0 Å². The third-order valence-electron chi connectivity index (χ3n) is 2.99. The molecule has 1 fully saturated rings. The highest BCUT2D eigenvalue weighted by atomic mass is 79.9. The molecule has 19 heavy (non-hydrogen) atoms. The van der Waals surface area contributed by atoms with Gasteiger partial charge in [-0.1, -0.05) is 17.4 Å². The predicted octanol–water partition coefficient (Wildman–Crippen LogP) is 3.40. The summed E-state index contributed by atoms with van der Waals surface area (Å²) in [5.74, 6) is -0.270. The lowest BCUT2D eigenvalue weighted by molar-refractivity contribution is 0.630. The average Bonchev–Trinajstić information content (AvgIpc) is 3.08. The SMILES string of the molecule is Fc1cccc(Br)c1-c1nnc(CCNC2CC2)s1. The topological polar surface area (TPSA) is 37.8 Å². The van der Waals surface area contributed by atoms with Crippen molar-refractivity contribution in [3.8, 4) is 10.6 Å². The van der Waals surface area contributed by atoms with Crippen LogP contribution in [0, 0.1) is 5.82 Å². The van der Waals surface area contributed by atoms with Crippen LogP contribution in [-0.2, 0) is 6.42 Å². The molecule has 100 valence electrons. The lowest BCUT2D eigenvalue weighted by Crippen LogP contribution is -2.19. The van der Waals surface area contributed by atoms with Crippen LogP contribution in [0.4, 0.5) is 4.39 Å². The number of aromatic nitrogens is 2. The Labute approximate surface area is 123 Å². The lowest BCUT2D eigenvalue weighted by atomic mass is 10.2. The van der Waals surface area contributed by atoms with E-state index in [1.807, 2.05) is 6.07 Å². The van der Waals surface area contributed by atoms with Crippen LogP contribution in [0.5, 0.6) is 0 Å². The highest BCUT2D eigenvalue weighted by Crippen LogP contribution is 2.32. The molecule has 1 aromatic carbocycles. The molecule has 1 aromatic heterocycles. The van der Waals surface area contributed by atoms with Gasteiger partial charge >= 0.3 is 0 Å². The number of benzene rings is 1. The number of nitrogens with zero attached hydrogens (tertiary/aromatic N) is 2. The molecule has 1 saturated carbocycles. The van der Waals surface area contributed by atoms with Crippen LogP contribution in [0.2, 0.25) is 0 Å². The molecule has 3 nitrogen and oxygen atoms in total. The molecule has 0 aliphatic heterocycles. The molecular weight excluding hydrogens is 329 g/mol. The quantitative estimate of drug-likeness (QED) is 0.905. The Kier molecular flexibility index (Phi) is 3.91. The van der Waals surface area contributed by atoms with E-state index < -0.39 is 0 Å². The fraction of sp³-hybridized carbons (Fsp3) is 0.385. The van der Waals surface area contributed by atoms with E-state index in [1.54, 1.807) is 6.07 Å². The Bertz CT molecular complexity index is 563. The summed E-state index contributed by atoms with van der Waals surface area (Å²) in [7, 11) is 0. The summed E-state index contributed by atoms with van der Waals surface area (Å²) in [5, 5.41) is 13.2. The van der Waals surface area contributed by atoms with Gasteiger partial charge in [0.25, 0.3) is 0 Å². The second-order valence-corrected chi connectivity index (χ2v) is 6.49. The minimum atomic E-state index is -0.270. The standard InChI is InChI=1S/C13H13BrFN3S/c14-9-2-1-3-10(15)12(9)13-18-17-11(19-13)6-7-16-8-4-5-8/h1-3,8,16H,4-7H2. The van der Waals surface area contributed by atoms with Crippen molar-refractivity contribution < 1.29 is 4.39 Å². The van der Waals surface area contributed by atoms with Gasteiger partial charge in [-0.2, -0.15) is 0 Å². The van der Waals surface area contributed by atoms with E-state index in [-0.39, 0.29) is 5.82 Å². The molecule has 0 unspecified atom stereocenters. The van der Waals surface area contributed by atoms with E-state index in [2.05, 4.69) is 31.4 Å². The zero-order valence-corrected chi connectivity index (χ0v) is 12.6. The molecule has 1 aliphatic carbocycles. The summed E-state index contributed by atoms with van der Waals surface area (Å²) in [6, 6.07) is 5.63. The third kappa shape index (κ3) is 3.19. The smallest absolute Gasteiger partial charge is 0.151 e. The molecule has 0 spiro atoms. The second kappa shape index (κ2) is 5.64. The fourth-order valence-electron chi connectivity index (χ4n) is 1.83. The third-order valence-corrected chi connectivity index (χ3v) is 4.65. The number of halogens is 2. The van der Waals surface area contributed by atoms with Gasteiger partial charge in [-0.25, -0.2) is 4.39 Å². The van der Waals surface area contributed by atoms with Crippen molar-refractivity contribution in [2.75, 3.05) is 6.54 Å². The van der Waals surface area contributed by atoms with Gasteiger partial charge < -0.3 is 5.32 Å². The minimum absolute atomic E-state index is 0.270. The van der Waals surface area contributed by atoms with E-state index in [0.717, 1.165) is 18.0 Å². The van der Waals surface area contributed by atoms with Crippen molar-refractivity contribution in [1.29, 1.82) is 0 Å². The summed E-state index contributed by atoms with van der Waals surface area (Å²) in [6.45, 7) is 0.914. The Morgan fingerprint density at radius 2 is 2.21 bits per heavy atom. The van der Waals surface area contributed by atoms with Crippen LogP contribution in [0.25, 0.3) is 10.6 Å². The Balaban J connectivity index is 1.72. The lowest BCUT2D eigenvalue weighted by Gasteiger charge is -2.00. The summed E-state index contributed by atoms with van der Waals surface area (Å²) >= 11 is 4.81. The maximum atomic E-state index is 13.8. The summed E-state index contributed by atoms with van der Waals surface area (Å²) < 4.78 is 14.5. The molecule has 2 aromatic rings. The van der Waals surface area contributed by atoms with Crippen molar-refractivity contribution in [2.24, 2.45) is 0 Å². The highest BCUT2D eigenvalue weighted by Gasteiger charge is 2.20. The molecule has 1 aliphatic rings. The summed E-state index contributed by atoms with van der Waals surface area (Å²) in [4.78, 5) is 0. The number of hydrogen-bond acceptors (Lipinski definition) is 4. The summed E-state index contributed by atoms with van der Waals surface area (Å²) in [5.41, 5.74) is 0.501. The van der Waals surface area contributed by atoms with Gasteiger partial charge in [-0.3, -0.25) is 0 Å².